The van der Waals surface area contributed by atoms with Crippen molar-refractivity contribution in [1.29, 1.82) is 0 Å². The number of pyridine rings is 1. The van der Waals surface area contributed by atoms with Crippen LogP contribution in [-0.2, 0) is 23.0 Å². The Balaban J connectivity index is 1.89. The molecule has 0 radical (unpaired) electrons. The highest BCUT2D eigenvalue weighted by molar-refractivity contribution is 7.92. The molecule has 0 aliphatic carbocycles. The van der Waals surface area contributed by atoms with Crippen LogP contribution in [0.25, 0.3) is 22.2 Å². The van der Waals surface area contributed by atoms with Gasteiger partial charge in [-0.3, -0.25) is 14.2 Å². The van der Waals surface area contributed by atoms with Crippen molar-refractivity contribution in [3.8, 4) is 22.8 Å². The summed E-state index contributed by atoms with van der Waals surface area (Å²) in [6.45, 7) is 1.46. The summed E-state index contributed by atoms with van der Waals surface area (Å²) in [6, 6.07) is 6.72. The van der Waals surface area contributed by atoms with Gasteiger partial charge in [0, 0.05) is 25.6 Å². The van der Waals surface area contributed by atoms with Gasteiger partial charge in [0.1, 0.15) is 17.3 Å². The maximum absolute atomic E-state index is 14.4. The van der Waals surface area contributed by atoms with Gasteiger partial charge >= 0.3 is 6.18 Å². The zero-order valence-electron chi connectivity index (χ0n) is 22.0. The lowest BCUT2D eigenvalue weighted by atomic mass is 9.99. The molecule has 4 rings (SSSR count). The third kappa shape index (κ3) is 6.34. The number of H-pyrrole nitrogens is 1. The zero-order chi connectivity index (χ0) is 30.3. The van der Waals surface area contributed by atoms with Gasteiger partial charge in [0.2, 0.25) is 10.0 Å². The van der Waals surface area contributed by atoms with E-state index in [9.17, 15) is 41.0 Å². The molecule has 2 aromatic carbocycles. The Morgan fingerprint density at radius 3 is 2.46 bits per heavy atom. The van der Waals surface area contributed by atoms with Gasteiger partial charge in [-0.05, 0) is 47.5 Å². The molecule has 2 aromatic heterocycles. The molecule has 0 spiro atoms. The van der Waals surface area contributed by atoms with Crippen LogP contribution in [0.3, 0.4) is 0 Å². The topological polar surface area (TPSA) is 149 Å². The second kappa shape index (κ2) is 10.9. The number of aromatic nitrogens is 3. The number of carbonyl (C=O) groups excluding carboxylic acids is 1. The molecule has 0 saturated heterocycles. The number of aromatic hydroxyl groups is 2. The van der Waals surface area contributed by atoms with Crippen LogP contribution >= 0.6 is 0 Å². The highest BCUT2D eigenvalue weighted by atomic mass is 32.2. The average Bonchev–Trinajstić information content (AvgIpc) is 3.31. The minimum atomic E-state index is -4.68. The second-order valence-electron chi connectivity index (χ2n) is 9.28. The van der Waals surface area contributed by atoms with Crippen molar-refractivity contribution in [3.63, 3.8) is 0 Å². The first kappa shape index (κ1) is 29.6. The molecule has 0 saturated carbocycles. The first-order chi connectivity index (χ1) is 19.1. The van der Waals surface area contributed by atoms with Gasteiger partial charge in [-0.1, -0.05) is 6.92 Å². The lowest BCUT2D eigenvalue weighted by Crippen LogP contribution is -2.26. The van der Waals surface area contributed by atoms with E-state index in [0.29, 0.717) is 11.6 Å². The number of alkyl halides is 3. The normalized spacial score (nSPS) is 12.1. The number of rotatable bonds is 9. The molecule has 10 nitrogen and oxygen atoms in total. The minimum Gasteiger partial charge on any atom is -0.508 e. The molecule has 41 heavy (non-hydrogen) atoms. The highest BCUT2D eigenvalue weighted by Crippen LogP contribution is 2.36. The van der Waals surface area contributed by atoms with Crippen LogP contribution in [0.15, 0.2) is 36.4 Å². The van der Waals surface area contributed by atoms with Crippen molar-refractivity contribution in [3.05, 3.63) is 59.0 Å². The predicted octanol–water partition coefficient (Wildman–Crippen LogP) is 4.88. The molecule has 0 aliphatic rings. The van der Waals surface area contributed by atoms with Crippen LogP contribution in [-0.4, -0.2) is 59.1 Å². The van der Waals surface area contributed by atoms with Gasteiger partial charge in [0.25, 0.3) is 0 Å². The highest BCUT2D eigenvalue weighted by Gasteiger charge is 2.31. The monoisotopic (exact) mass is 595 g/mol. The van der Waals surface area contributed by atoms with Gasteiger partial charge in [0.15, 0.2) is 17.3 Å². The van der Waals surface area contributed by atoms with Gasteiger partial charge in [-0.15, -0.1) is 0 Å². The summed E-state index contributed by atoms with van der Waals surface area (Å²) in [7, 11) is -2.37. The van der Waals surface area contributed by atoms with Gasteiger partial charge in [-0.25, -0.2) is 17.8 Å². The molecule has 0 amide bonds. The van der Waals surface area contributed by atoms with Gasteiger partial charge in [-0.2, -0.15) is 18.3 Å². The van der Waals surface area contributed by atoms with Gasteiger partial charge < -0.3 is 15.5 Å². The number of nitrogens with one attached hydrogen (secondary N) is 2. The van der Waals surface area contributed by atoms with Crippen LogP contribution in [0.1, 0.15) is 35.0 Å². The van der Waals surface area contributed by atoms with E-state index in [4.69, 9.17) is 0 Å². The van der Waals surface area contributed by atoms with E-state index in [0.717, 1.165) is 16.6 Å². The van der Waals surface area contributed by atoms with Crippen molar-refractivity contribution in [2.24, 2.45) is 0 Å². The van der Waals surface area contributed by atoms with E-state index in [1.165, 1.54) is 31.3 Å². The summed E-state index contributed by atoms with van der Waals surface area (Å²) in [5.41, 5.74) is -0.0967. The van der Waals surface area contributed by atoms with Crippen molar-refractivity contribution in [2.75, 3.05) is 22.9 Å². The molecule has 15 heteroatoms. The third-order valence-corrected chi connectivity index (χ3v) is 7.51. The molecule has 4 N–H and O–H groups in total. The standard InChI is InChI=1S/C26H25F4N5O5S/c1-4-21(37)24-23-19(33-34-24)10-18(16-9-17(27)22(38)8-13(16)11-26(28,29)30)32-25(23)31-12-14-7-15(36)5-6-20(14)35(2)41(3,39)40/h5-10,36,38H,4,11-12H2,1-3H3,(H,31,32)(H,33,34). The molecule has 4 aromatic rings. The maximum Gasteiger partial charge on any atom is 0.393 e. The summed E-state index contributed by atoms with van der Waals surface area (Å²) >= 11 is 0. The number of ketones is 1. The fraction of sp³-hybridized carbons (Fsp3) is 0.269. The number of hydrogen-bond donors (Lipinski definition) is 4. The molecule has 0 atom stereocenters. The molecule has 2 heterocycles. The Bertz CT molecular complexity index is 1760. The average molecular weight is 596 g/mol. The lowest BCUT2D eigenvalue weighted by molar-refractivity contribution is -0.127. The van der Waals surface area contributed by atoms with Crippen LogP contribution < -0.4 is 9.62 Å². The molecular formula is C26H25F4N5O5S. The van der Waals surface area contributed by atoms with Crippen molar-refractivity contribution in [2.45, 2.75) is 32.5 Å². The van der Waals surface area contributed by atoms with E-state index in [1.54, 1.807) is 6.92 Å². The summed E-state index contributed by atoms with van der Waals surface area (Å²) in [4.78, 5) is 17.0. The number of sulfonamides is 1. The number of phenols is 2. The summed E-state index contributed by atoms with van der Waals surface area (Å²) < 4.78 is 79.7. The Morgan fingerprint density at radius 2 is 1.83 bits per heavy atom. The molecular weight excluding hydrogens is 570 g/mol. The Hall–Kier alpha value is -4.40. The first-order valence-electron chi connectivity index (χ1n) is 12.1. The number of nitrogens with zero attached hydrogens (tertiary/aromatic N) is 3. The van der Waals surface area contributed by atoms with E-state index in [-0.39, 0.29) is 63.9 Å². The quantitative estimate of drug-likeness (QED) is 0.158. The smallest absolute Gasteiger partial charge is 0.393 e. The second-order valence-corrected chi connectivity index (χ2v) is 11.3. The van der Waals surface area contributed by atoms with Crippen molar-refractivity contribution >= 4 is 38.2 Å². The van der Waals surface area contributed by atoms with Gasteiger partial charge in [0.05, 0.1) is 35.0 Å². The summed E-state index contributed by atoms with van der Waals surface area (Å²) in [5, 5.41) is 29.7. The molecule has 0 unspecified atom stereocenters. The SMILES string of the molecule is CCC(=O)c1n[nH]c2cc(-c3cc(F)c(O)cc3CC(F)(F)F)nc(NCc3cc(O)ccc3N(C)S(C)(=O)=O)c12. The molecule has 0 aliphatic heterocycles. The number of halogens is 4. The van der Waals surface area contributed by atoms with Crippen LogP contribution in [0, 0.1) is 5.82 Å². The van der Waals surface area contributed by atoms with Crippen LogP contribution in [0.5, 0.6) is 11.5 Å². The fourth-order valence-electron chi connectivity index (χ4n) is 4.26. The zero-order valence-corrected chi connectivity index (χ0v) is 22.8. The number of hydrogen-bond acceptors (Lipinski definition) is 8. The Morgan fingerprint density at radius 1 is 1.12 bits per heavy atom. The largest absolute Gasteiger partial charge is 0.508 e. The number of aromatic amines is 1. The van der Waals surface area contributed by atoms with Crippen molar-refractivity contribution in [1.82, 2.24) is 15.2 Å². The van der Waals surface area contributed by atoms with E-state index < -0.39 is 39.8 Å². The van der Waals surface area contributed by atoms with E-state index in [2.05, 4.69) is 20.5 Å². The van der Waals surface area contributed by atoms with Crippen LogP contribution in [0.2, 0.25) is 0 Å². The number of carbonyl (C=O) groups is 1. The van der Waals surface area contributed by atoms with Crippen molar-refractivity contribution < 1.29 is 41.0 Å². The number of phenolic OH excluding ortho intramolecular Hbond substituents is 2. The van der Waals surface area contributed by atoms with E-state index in [1.807, 2.05) is 0 Å². The first-order valence-corrected chi connectivity index (χ1v) is 13.9. The number of benzene rings is 2. The minimum absolute atomic E-state index is 0.000776. The number of anilines is 2. The molecule has 0 bridgehead atoms. The fourth-order valence-corrected chi connectivity index (χ4v) is 4.80. The number of Topliss-reactive ketones (excluding diaryl/α,β-unsaturated/α-hetero) is 1. The van der Waals surface area contributed by atoms with E-state index >= 15 is 0 Å². The Kier molecular flexibility index (Phi) is 7.85. The van der Waals surface area contributed by atoms with Crippen LogP contribution in [0.4, 0.5) is 29.1 Å². The summed E-state index contributed by atoms with van der Waals surface area (Å²) in [6.07, 6.45) is -5.09. The predicted molar refractivity (Wildman–Crippen MR) is 144 cm³/mol. The number of fused-ring (bicyclic) bond motifs is 1. The maximum atomic E-state index is 14.4. The molecule has 0 fully saturated rings. The molecule has 218 valence electrons. The summed E-state index contributed by atoms with van der Waals surface area (Å²) in [5.74, 6) is -2.68. The lowest BCUT2D eigenvalue weighted by Gasteiger charge is -2.21. The third-order valence-electron chi connectivity index (χ3n) is 6.32. The Labute approximate surface area is 231 Å².